The third kappa shape index (κ3) is 4.97. The van der Waals surface area contributed by atoms with Gasteiger partial charge in [0.25, 0.3) is 5.91 Å². The van der Waals surface area contributed by atoms with Gasteiger partial charge in [-0.2, -0.15) is 0 Å². The van der Waals surface area contributed by atoms with Gasteiger partial charge in [-0.05, 0) is 35.9 Å². The minimum atomic E-state index is -0.861. The molecule has 0 unspecified atom stereocenters. The molecule has 0 saturated carbocycles. The van der Waals surface area contributed by atoms with E-state index in [9.17, 15) is 9.59 Å². The van der Waals surface area contributed by atoms with Crippen LogP contribution in [0.1, 0.15) is 15.9 Å². The summed E-state index contributed by atoms with van der Waals surface area (Å²) in [6, 6.07) is 11.0. The van der Waals surface area contributed by atoms with Crippen molar-refractivity contribution >= 4 is 51.0 Å². The molecule has 0 bridgehead atoms. The molecule has 0 aliphatic carbocycles. The second-order valence-corrected chi connectivity index (χ2v) is 6.76. The molecule has 2 aromatic rings. The monoisotopic (exact) mass is 429 g/mol. The highest BCUT2D eigenvalue weighted by molar-refractivity contribution is 9.10. The third-order valence-electron chi connectivity index (χ3n) is 3.32. The average molecular weight is 431 g/mol. The molecule has 2 aromatic carbocycles. The Hall–Kier alpha value is -1.56. The van der Waals surface area contributed by atoms with E-state index in [1.165, 1.54) is 7.11 Å². The highest BCUT2D eigenvalue weighted by Crippen LogP contribution is 2.22. The van der Waals surface area contributed by atoms with E-state index in [0.717, 1.165) is 4.47 Å². The second kappa shape index (κ2) is 8.51. The number of amides is 1. The van der Waals surface area contributed by atoms with Gasteiger partial charge in [-0.15, -0.1) is 0 Å². The molecule has 0 saturated heterocycles. The van der Waals surface area contributed by atoms with Crippen molar-refractivity contribution in [1.82, 2.24) is 5.32 Å². The van der Waals surface area contributed by atoms with Crippen molar-refractivity contribution in [3.8, 4) is 0 Å². The van der Waals surface area contributed by atoms with Crippen molar-refractivity contribution in [2.45, 2.75) is 12.5 Å². The molecule has 1 amide bonds. The Labute approximate surface area is 158 Å². The summed E-state index contributed by atoms with van der Waals surface area (Å²) < 4.78 is 5.55. The van der Waals surface area contributed by atoms with Crippen LogP contribution >= 0.6 is 39.1 Å². The van der Waals surface area contributed by atoms with Gasteiger partial charge in [0, 0.05) is 26.5 Å². The first kappa shape index (κ1) is 18.8. The van der Waals surface area contributed by atoms with E-state index >= 15 is 0 Å². The molecule has 0 heterocycles. The maximum Gasteiger partial charge on any atom is 0.328 e. The van der Waals surface area contributed by atoms with Crippen molar-refractivity contribution in [2.75, 3.05) is 7.11 Å². The lowest BCUT2D eigenvalue weighted by Gasteiger charge is -2.17. The number of esters is 1. The Bertz CT molecular complexity index is 767. The zero-order chi connectivity index (χ0) is 17.7. The van der Waals surface area contributed by atoms with E-state index in [4.69, 9.17) is 27.9 Å². The number of carbonyl (C=O) groups is 2. The van der Waals surface area contributed by atoms with E-state index in [1.54, 1.807) is 36.4 Å². The lowest BCUT2D eigenvalue weighted by molar-refractivity contribution is -0.142. The Kier molecular flexibility index (Phi) is 6.66. The van der Waals surface area contributed by atoms with Crippen LogP contribution in [0.5, 0.6) is 0 Å². The van der Waals surface area contributed by atoms with E-state index in [-0.39, 0.29) is 12.3 Å². The maximum atomic E-state index is 12.4. The Balaban J connectivity index is 2.19. The van der Waals surface area contributed by atoms with Gasteiger partial charge >= 0.3 is 5.97 Å². The molecule has 2 rings (SSSR count). The fourth-order valence-corrected chi connectivity index (χ4v) is 3.00. The van der Waals surface area contributed by atoms with Crippen LogP contribution in [0.3, 0.4) is 0 Å². The van der Waals surface area contributed by atoms with Crippen LogP contribution in [0.25, 0.3) is 0 Å². The highest BCUT2D eigenvalue weighted by atomic mass is 79.9. The van der Waals surface area contributed by atoms with Crippen molar-refractivity contribution in [3.05, 3.63) is 68.1 Å². The third-order valence-corrected chi connectivity index (χ3v) is 4.40. The smallest absolute Gasteiger partial charge is 0.328 e. The fraction of sp³-hybridized carbons (Fsp3) is 0.176. The van der Waals surface area contributed by atoms with Gasteiger partial charge in [-0.1, -0.05) is 51.3 Å². The molecule has 1 atom stereocenters. The van der Waals surface area contributed by atoms with Gasteiger partial charge in [0.15, 0.2) is 0 Å². The van der Waals surface area contributed by atoms with Crippen molar-refractivity contribution in [1.29, 1.82) is 0 Å². The van der Waals surface area contributed by atoms with E-state index < -0.39 is 12.0 Å². The van der Waals surface area contributed by atoms with E-state index in [0.29, 0.717) is 21.2 Å². The lowest BCUT2D eigenvalue weighted by Crippen LogP contribution is -2.43. The second-order valence-electron chi connectivity index (χ2n) is 5.00. The zero-order valence-corrected chi connectivity index (χ0v) is 15.8. The highest BCUT2D eigenvalue weighted by Gasteiger charge is 2.23. The van der Waals surface area contributed by atoms with Crippen molar-refractivity contribution in [2.24, 2.45) is 0 Å². The van der Waals surface area contributed by atoms with Gasteiger partial charge in [0.1, 0.15) is 6.04 Å². The van der Waals surface area contributed by atoms with Gasteiger partial charge in [0.05, 0.1) is 7.11 Å². The summed E-state index contributed by atoms with van der Waals surface area (Å²) in [5.41, 5.74) is 1.12. The van der Waals surface area contributed by atoms with Gasteiger partial charge in [-0.3, -0.25) is 4.79 Å². The number of carbonyl (C=O) groups excluding carboxylic acids is 2. The first-order valence-corrected chi connectivity index (χ1v) is 8.54. The molecule has 0 aromatic heterocycles. The molecular weight excluding hydrogens is 417 g/mol. The Morgan fingerprint density at radius 2 is 1.96 bits per heavy atom. The summed E-state index contributed by atoms with van der Waals surface area (Å²) in [6.07, 6.45) is 0.197. The molecule has 7 heteroatoms. The SMILES string of the molecule is COC(=O)[C@@H](Cc1ccc(Cl)cc1Cl)NC(=O)c1cccc(Br)c1. The average Bonchev–Trinajstić information content (AvgIpc) is 2.55. The number of nitrogens with one attached hydrogen (secondary N) is 1. The number of benzene rings is 2. The maximum absolute atomic E-state index is 12.4. The number of methoxy groups -OCH3 is 1. The van der Waals surface area contributed by atoms with Crippen LogP contribution < -0.4 is 5.32 Å². The summed E-state index contributed by atoms with van der Waals surface area (Å²) in [5.74, 6) is -0.929. The quantitative estimate of drug-likeness (QED) is 0.720. The van der Waals surface area contributed by atoms with Crippen LogP contribution in [0, 0.1) is 0 Å². The van der Waals surface area contributed by atoms with Gasteiger partial charge in [-0.25, -0.2) is 4.79 Å². The number of rotatable bonds is 5. The van der Waals surface area contributed by atoms with Crippen LogP contribution in [0.2, 0.25) is 10.0 Å². The van der Waals surface area contributed by atoms with E-state index in [1.807, 2.05) is 6.07 Å². The first-order valence-electron chi connectivity index (χ1n) is 6.99. The Morgan fingerprint density at radius 1 is 1.21 bits per heavy atom. The number of hydrogen-bond acceptors (Lipinski definition) is 3. The van der Waals surface area contributed by atoms with Crippen LogP contribution in [-0.2, 0) is 16.0 Å². The molecule has 0 fully saturated rings. The molecule has 126 valence electrons. The number of ether oxygens (including phenoxy) is 1. The summed E-state index contributed by atoms with van der Waals surface area (Å²) in [7, 11) is 1.27. The number of hydrogen-bond donors (Lipinski definition) is 1. The molecule has 0 aliphatic rings. The number of halogens is 3. The van der Waals surface area contributed by atoms with Crippen LogP contribution in [0.4, 0.5) is 0 Å². The molecule has 0 radical (unpaired) electrons. The predicted octanol–water partition coefficient (Wildman–Crippen LogP) is 4.27. The van der Waals surface area contributed by atoms with Crippen molar-refractivity contribution in [3.63, 3.8) is 0 Å². The molecule has 0 spiro atoms. The minimum absolute atomic E-state index is 0.197. The largest absolute Gasteiger partial charge is 0.467 e. The molecule has 1 N–H and O–H groups in total. The van der Waals surface area contributed by atoms with Gasteiger partial charge < -0.3 is 10.1 Å². The summed E-state index contributed by atoms with van der Waals surface area (Å²) >= 11 is 15.3. The van der Waals surface area contributed by atoms with Crippen molar-refractivity contribution < 1.29 is 14.3 Å². The van der Waals surface area contributed by atoms with Crippen LogP contribution in [-0.4, -0.2) is 25.0 Å². The molecule has 24 heavy (non-hydrogen) atoms. The predicted molar refractivity (Wildman–Crippen MR) is 97.6 cm³/mol. The lowest BCUT2D eigenvalue weighted by atomic mass is 10.1. The standard InChI is InChI=1S/C17H14BrCl2NO3/c1-24-17(23)15(8-10-5-6-13(19)9-14(10)20)21-16(22)11-3-2-4-12(18)7-11/h2-7,9,15H,8H2,1H3,(H,21,22)/t15-/m1/s1. The summed E-state index contributed by atoms with van der Waals surface area (Å²) in [4.78, 5) is 24.4. The summed E-state index contributed by atoms with van der Waals surface area (Å²) in [5, 5.41) is 3.60. The molecule has 4 nitrogen and oxygen atoms in total. The topological polar surface area (TPSA) is 55.4 Å². The first-order chi connectivity index (χ1) is 11.4. The van der Waals surface area contributed by atoms with Crippen LogP contribution in [0.15, 0.2) is 46.9 Å². The normalized spacial score (nSPS) is 11.7. The van der Waals surface area contributed by atoms with E-state index in [2.05, 4.69) is 21.2 Å². The molecular formula is C17H14BrCl2NO3. The summed E-state index contributed by atoms with van der Waals surface area (Å²) in [6.45, 7) is 0. The Morgan fingerprint density at radius 3 is 2.58 bits per heavy atom. The molecule has 0 aliphatic heterocycles. The minimum Gasteiger partial charge on any atom is -0.467 e. The van der Waals surface area contributed by atoms with Gasteiger partial charge in [0.2, 0.25) is 0 Å². The zero-order valence-electron chi connectivity index (χ0n) is 12.7. The fourth-order valence-electron chi connectivity index (χ4n) is 2.11.